The summed E-state index contributed by atoms with van der Waals surface area (Å²) >= 11 is 2.58. The Kier molecular flexibility index (Phi) is 6.48. The summed E-state index contributed by atoms with van der Waals surface area (Å²) in [6.07, 6.45) is 1.64. The number of allylic oxidation sites excluding steroid dienone is 1. The predicted molar refractivity (Wildman–Crippen MR) is 129 cm³/mol. The maximum Gasteiger partial charge on any atom is 0.263 e. The van der Waals surface area contributed by atoms with Crippen LogP contribution in [0, 0.1) is 6.92 Å². The fourth-order valence-electron chi connectivity index (χ4n) is 3.19. The predicted octanol–water partition coefficient (Wildman–Crippen LogP) is 4.95. The normalized spacial score (nSPS) is 10.9. The lowest BCUT2D eigenvalue weighted by molar-refractivity contribution is -0.113. The van der Waals surface area contributed by atoms with Crippen molar-refractivity contribution in [2.24, 2.45) is 0 Å². The summed E-state index contributed by atoms with van der Waals surface area (Å²) in [5.41, 5.74) is 1.18. The highest BCUT2D eigenvalue weighted by atomic mass is 32.2. The van der Waals surface area contributed by atoms with Crippen molar-refractivity contribution >= 4 is 44.9 Å². The van der Waals surface area contributed by atoms with Gasteiger partial charge in [-0.05, 0) is 31.2 Å². The van der Waals surface area contributed by atoms with E-state index in [1.54, 1.807) is 37.5 Å². The molecule has 4 rings (SSSR count). The molecule has 3 heterocycles. The van der Waals surface area contributed by atoms with E-state index in [2.05, 4.69) is 16.9 Å². The molecule has 7 nitrogen and oxygen atoms in total. The van der Waals surface area contributed by atoms with Crippen LogP contribution in [0.1, 0.15) is 5.76 Å². The highest BCUT2D eigenvalue weighted by Gasteiger charge is 2.19. The number of carbonyl (C=O) groups is 1. The molecule has 3 aromatic heterocycles. The number of aromatic nitrogens is 2. The number of rotatable bonds is 8. The van der Waals surface area contributed by atoms with Gasteiger partial charge in [0.05, 0.1) is 18.2 Å². The van der Waals surface area contributed by atoms with Gasteiger partial charge >= 0.3 is 0 Å². The lowest BCUT2D eigenvalue weighted by Gasteiger charge is -2.11. The van der Waals surface area contributed by atoms with Crippen molar-refractivity contribution < 1.29 is 13.9 Å². The first kappa shape index (κ1) is 21.9. The van der Waals surface area contributed by atoms with E-state index in [1.165, 1.54) is 27.7 Å². The number of benzene rings is 1. The van der Waals surface area contributed by atoms with Crippen LogP contribution in [0.4, 0.5) is 5.69 Å². The molecule has 0 atom stereocenters. The average Bonchev–Trinajstić information content (AvgIpc) is 3.40. The first-order chi connectivity index (χ1) is 15.5. The summed E-state index contributed by atoms with van der Waals surface area (Å²) in [6.45, 7) is 5.90. The molecule has 0 aliphatic rings. The molecule has 0 saturated heterocycles. The highest BCUT2D eigenvalue weighted by Crippen LogP contribution is 2.33. The molecule has 0 saturated carbocycles. The molecule has 0 spiro atoms. The molecule has 1 amide bonds. The molecule has 4 aromatic rings. The molecule has 0 aliphatic carbocycles. The van der Waals surface area contributed by atoms with Crippen LogP contribution in [0.2, 0.25) is 0 Å². The van der Waals surface area contributed by atoms with Gasteiger partial charge in [-0.1, -0.05) is 23.9 Å². The van der Waals surface area contributed by atoms with Crippen LogP contribution in [0.5, 0.6) is 5.75 Å². The molecule has 9 heteroatoms. The number of fused-ring (bicyclic) bond motifs is 1. The zero-order valence-corrected chi connectivity index (χ0v) is 19.2. The molecule has 1 N–H and O–H groups in total. The molecule has 164 valence electrons. The van der Waals surface area contributed by atoms with Crippen LogP contribution in [0.3, 0.4) is 0 Å². The van der Waals surface area contributed by atoms with E-state index in [0.29, 0.717) is 32.6 Å². The summed E-state index contributed by atoms with van der Waals surface area (Å²) in [7, 11) is 1.57. The summed E-state index contributed by atoms with van der Waals surface area (Å²) in [6, 6.07) is 10.8. The summed E-state index contributed by atoms with van der Waals surface area (Å²) < 4.78 is 12.4. The zero-order valence-electron chi connectivity index (χ0n) is 17.6. The van der Waals surface area contributed by atoms with Crippen LogP contribution in [0.15, 0.2) is 68.8 Å². The van der Waals surface area contributed by atoms with Crippen LogP contribution >= 0.6 is 23.1 Å². The topological polar surface area (TPSA) is 86.4 Å². The Morgan fingerprint density at radius 3 is 2.94 bits per heavy atom. The quantitative estimate of drug-likeness (QED) is 0.224. The SMILES string of the molecule is C=CCn1c(SCC(=O)Nc2cccc(OC)c2)nc2scc(-c3ccc(C)o3)c2c1=O. The van der Waals surface area contributed by atoms with Gasteiger partial charge in [-0.2, -0.15) is 0 Å². The molecule has 0 fully saturated rings. The average molecular weight is 468 g/mol. The molecule has 1 aromatic carbocycles. The maximum absolute atomic E-state index is 13.3. The number of carbonyl (C=O) groups excluding carboxylic acids is 1. The van der Waals surface area contributed by atoms with Crippen LogP contribution in [-0.2, 0) is 11.3 Å². The Morgan fingerprint density at radius 2 is 2.22 bits per heavy atom. The van der Waals surface area contributed by atoms with Crippen molar-refractivity contribution in [3.63, 3.8) is 0 Å². The standard InChI is InChI=1S/C23H21N3O4S2/c1-4-10-26-22(28)20-17(18-9-8-14(2)30-18)12-31-21(20)25-23(26)32-13-19(27)24-15-6-5-7-16(11-15)29-3/h4-9,11-12H,1,10,13H2,2-3H3,(H,24,27). The number of nitrogens with zero attached hydrogens (tertiary/aromatic N) is 2. The second kappa shape index (κ2) is 9.46. The first-order valence-corrected chi connectivity index (χ1v) is 11.6. The molecular weight excluding hydrogens is 446 g/mol. The van der Waals surface area contributed by atoms with Crippen molar-refractivity contribution in [2.45, 2.75) is 18.6 Å². The first-order valence-electron chi connectivity index (χ1n) is 9.76. The van der Waals surface area contributed by atoms with Gasteiger partial charge in [0.1, 0.15) is 22.1 Å². The third kappa shape index (κ3) is 4.49. The van der Waals surface area contributed by atoms with Crippen molar-refractivity contribution in [3.8, 4) is 17.1 Å². The highest BCUT2D eigenvalue weighted by molar-refractivity contribution is 7.99. The lowest BCUT2D eigenvalue weighted by atomic mass is 10.2. The zero-order chi connectivity index (χ0) is 22.7. The second-order valence-corrected chi connectivity index (χ2v) is 8.71. The minimum atomic E-state index is -0.208. The Hall–Kier alpha value is -3.30. The number of anilines is 1. The van der Waals surface area contributed by atoms with Gasteiger partial charge in [0.25, 0.3) is 5.56 Å². The lowest BCUT2D eigenvalue weighted by Crippen LogP contribution is -2.23. The van der Waals surface area contributed by atoms with Crippen LogP contribution in [0.25, 0.3) is 21.5 Å². The largest absolute Gasteiger partial charge is 0.497 e. The van der Waals surface area contributed by atoms with Crippen LogP contribution < -0.4 is 15.6 Å². The third-order valence-corrected chi connectivity index (χ3v) is 6.51. The van der Waals surface area contributed by atoms with Crippen molar-refractivity contribution in [1.82, 2.24) is 9.55 Å². The number of thioether (sulfide) groups is 1. The number of nitrogens with one attached hydrogen (secondary N) is 1. The molecule has 0 bridgehead atoms. The van der Waals surface area contributed by atoms with Gasteiger partial charge in [0.15, 0.2) is 5.16 Å². The molecule has 0 aliphatic heterocycles. The summed E-state index contributed by atoms with van der Waals surface area (Å²) in [4.78, 5) is 31.1. The van der Waals surface area contributed by atoms with E-state index in [9.17, 15) is 9.59 Å². The van der Waals surface area contributed by atoms with E-state index < -0.39 is 0 Å². The third-order valence-electron chi connectivity index (χ3n) is 4.66. The van der Waals surface area contributed by atoms with E-state index in [1.807, 2.05) is 24.4 Å². The number of amides is 1. The van der Waals surface area contributed by atoms with Gasteiger partial charge in [-0.15, -0.1) is 17.9 Å². The van der Waals surface area contributed by atoms with Crippen molar-refractivity contribution in [3.05, 3.63) is 70.5 Å². The van der Waals surface area contributed by atoms with E-state index >= 15 is 0 Å². The van der Waals surface area contributed by atoms with Gasteiger partial charge in [-0.3, -0.25) is 14.2 Å². The minimum Gasteiger partial charge on any atom is -0.497 e. The number of hydrogen-bond donors (Lipinski definition) is 1. The Bertz CT molecular complexity index is 1350. The van der Waals surface area contributed by atoms with E-state index in [-0.39, 0.29) is 23.8 Å². The smallest absolute Gasteiger partial charge is 0.263 e. The molecule has 32 heavy (non-hydrogen) atoms. The number of furan rings is 1. The summed E-state index contributed by atoms with van der Waals surface area (Å²) in [5, 5.41) is 5.68. The second-order valence-electron chi connectivity index (χ2n) is 6.91. The Balaban J connectivity index is 1.60. The van der Waals surface area contributed by atoms with E-state index in [0.717, 1.165) is 11.3 Å². The maximum atomic E-state index is 13.3. The number of methoxy groups -OCH3 is 1. The number of ether oxygens (including phenoxy) is 1. The van der Waals surface area contributed by atoms with Gasteiger partial charge in [0, 0.05) is 29.2 Å². The fraction of sp³-hybridized carbons (Fsp3) is 0.174. The fourth-order valence-corrected chi connectivity index (χ4v) is 4.97. The van der Waals surface area contributed by atoms with Crippen molar-refractivity contribution in [2.75, 3.05) is 18.2 Å². The number of aryl methyl sites for hydroxylation is 1. The Morgan fingerprint density at radius 1 is 1.38 bits per heavy atom. The van der Waals surface area contributed by atoms with Crippen LogP contribution in [-0.4, -0.2) is 28.3 Å². The number of thiophene rings is 1. The van der Waals surface area contributed by atoms with Gasteiger partial charge in [0.2, 0.25) is 5.91 Å². The van der Waals surface area contributed by atoms with E-state index in [4.69, 9.17) is 9.15 Å². The molecular formula is C23H21N3O4S2. The molecule has 0 unspecified atom stereocenters. The minimum absolute atomic E-state index is 0.0991. The molecule has 0 radical (unpaired) electrons. The van der Waals surface area contributed by atoms with Gasteiger partial charge in [-0.25, -0.2) is 4.98 Å². The monoisotopic (exact) mass is 467 g/mol. The Labute approximate surface area is 192 Å². The van der Waals surface area contributed by atoms with Crippen molar-refractivity contribution in [1.29, 1.82) is 0 Å². The van der Waals surface area contributed by atoms with Gasteiger partial charge < -0.3 is 14.5 Å². The summed E-state index contributed by atoms with van der Waals surface area (Å²) in [5.74, 6) is 1.95. The number of hydrogen-bond acceptors (Lipinski definition) is 7.